The minimum Gasteiger partial charge on any atom is -0.493 e. The van der Waals surface area contributed by atoms with Gasteiger partial charge in [-0.3, -0.25) is 4.79 Å². The number of hydrogen-bond acceptors (Lipinski definition) is 7. The van der Waals surface area contributed by atoms with Gasteiger partial charge in [-0.15, -0.1) is 0 Å². The van der Waals surface area contributed by atoms with Crippen LogP contribution in [0.15, 0.2) is 58.8 Å². The summed E-state index contributed by atoms with van der Waals surface area (Å²) in [6.07, 6.45) is 1.57. The highest BCUT2D eigenvalue weighted by atomic mass is 127. The van der Waals surface area contributed by atoms with Gasteiger partial charge in [0.15, 0.2) is 16.7 Å². The number of nitrogens with one attached hydrogen (secondary N) is 1. The van der Waals surface area contributed by atoms with Crippen molar-refractivity contribution in [3.8, 4) is 11.5 Å². The first kappa shape index (κ1) is 24.0. The minimum absolute atomic E-state index is 0.174. The van der Waals surface area contributed by atoms with Crippen LogP contribution in [0.2, 0.25) is 0 Å². The summed E-state index contributed by atoms with van der Waals surface area (Å²) < 4.78 is 12.3. The van der Waals surface area contributed by atoms with Crippen LogP contribution in [0.25, 0.3) is 0 Å². The minimum atomic E-state index is -0.238. The van der Waals surface area contributed by atoms with Gasteiger partial charge in [0.05, 0.1) is 22.6 Å². The average molecular weight is 562 g/mol. The Kier molecular flexibility index (Phi) is 8.86. The van der Waals surface area contributed by atoms with Crippen molar-refractivity contribution in [1.82, 2.24) is 15.4 Å². The molecule has 1 amide bonds. The summed E-state index contributed by atoms with van der Waals surface area (Å²) >= 11 is 3.47. The van der Waals surface area contributed by atoms with Crippen molar-refractivity contribution >= 4 is 46.5 Å². The van der Waals surface area contributed by atoms with Crippen LogP contribution in [0, 0.1) is 17.4 Å². The van der Waals surface area contributed by atoms with Gasteiger partial charge >= 0.3 is 0 Å². The molecule has 0 aliphatic carbocycles. The van der Waals surface area contributed by atoms with Crippen LogP contribution in [0.1, 0.15) is 22.5 Å². The number of carbonyl (C=O) groups excluding carboxylic acids is 1. The largest absolute Gasteiger partial charge is 0.493 e. The van der Waals surface area contributed by atoms with E-state index in [4.69, 9.17) is 9.47 Å². The topological polar surface area (TPSA) is 85.7 Å². The summed E-state index contributed by atoms with van der Waals surface area (Å²) in [7, 11) is 1.59. The number of hydrogen-bond donors (Lipinski definition) is 1. The molecule has 1 heterocycles. The Hall–Kier alpha value is -2.66. The summed E-state index contributed by atoms with van der Waals surface area (Å²) in [5.74, 6) is 1.21. The molecular weight excluding hydrogens is 539 g/mol. The monoisotopic (exact) mass is 562 g/mol. The van der Waals surface area contributed by atoms with Gasteiger partial charge in [0.25, 0.3) is 5.91 Å². The van der Waals surface area contributed by atoms with Crippen molar-refractivity contribution in [1.29, 1.82) is 0 Å². The maximum absolute atomic E-state index is 12.1. The summed E-state index contributed by atoms with van der Waals surface area (Å²) in [5, 5.41) is 4.63. The van der Waals surface area contributed by atoms with Crippen LogP contribution in [0.3, 0.4) is 0 Å². The number of rotatable bonds is 9. The fraction of sp³-hybridized carbons (Fsp3) is 0.217. The number of aryl methyl sites for hydroxylation is 2. The second kappa shape index (κ2) is 11.8. The maximum Gasteiger partial charge on any atom is 0.250 e. The van der Waals surface area contributed by atoms with Gasteiger partial charge < -0.3 is 9.47 Å². The Morgan fingerprint density at radius 1 is 1.16 bits per heavy atom. The van der Waals surface area contributed by atoms with E-state index in [-0.39, 0.29) is 11.7 Å². The van der Waals surface area contributed by atoms with E-state index in [1.54, 1.807) is 13.3 Å². The highest BCUT2D eigenvalue weighted by molar-refractivity contribution is 14.1. The molecule has 166 valence electrons. The van der Waals surface area contributed by atoms with E-state index in [0.29, 0.717) is 23.3 Å². The van der Waals surface area contributed by atoms with Gasteiger partial charge in [0.2, 0.25) is 0 Å². The summed E-state index contributed by atoms with van der Waals surface area (Å²) in [6.45, 7) is 4.24. The van der Waals surface area contributed by atoms with E-state index in [1.807, 2.05) is 62.4 Å². The number of aromatic nitrogens is 2. The molecule has 3 rings (SSSR count). The number of nitrogens with zero attached hydrogens (tertiary/aromatic N) is 3. The Bertz CT molecular complexity index is 1090. The summed E-state index contributed by atoms with van der Waals surface area (Å²) in [6, 6.07) is 15.6. The van der Waals surface area contributed by atoms with E-state index in [0.717, 1.165) is 26.1 Å². The molecule has 32 heavy (non-hydrogen) atoms. The predicted molar refractivity (Wildman–Crippen MR) is 134 cm³/mol. The summed E-state index contributed by atoms with van der Waals surface area (Å²) in [5.41, 5.74) is 6.13. The number of methoxy groups -OCH3 is 1. The van der Waals surface area contributed by atoms with Crippen LogP contribution in [0.5, 0.6) is 11.5 Å². The number of hydrazone groups is 1. The lowest BCUT2D eigenvalue weighted by Gasteiger charge is -2.13. The van der Waals surface area contributed by atoms with Crippen LogP contribution in [-0.2, 0) is 11.4 Å². The van der Waals surface area contributed by atoms with E-state index >= 15 is 0 Å². The molecule has 0 radical (unpaired) electrons. The first-order chi connectivity index (χ1) is 15.4. The van der Waals surface area contributed by atoms with Crippen LogP contribution in [-0.4, -0.2) is 35.0 Å². The molecule has 1 N–H and O–H groups in total. The Morgan fingerprint density at radius 3 is 2.56 bits per heavy atom. The zero-order chi connectivity index (χ0) is 22.9. The highest BCUT2D eigenvalue weighted by Crippen LogP contribution is 2.34. The molecule has 0 saturated heterocycles. The van der Waals surface area contributed by atoms with Crippen molar-refractivity contribution in [2.45, 2.75) is 25.6 Å². The summed E-state index contributed by atoms with van der Waals surface area (Å²) in [4.78, 5) is 20.7. The van der Waals surface area contributed by atoms with Gasteiger partial charge in [-0.25, -0.2) is 15.4 Å². The molecule has 0 unspecified atom stereocenters. The third-order valence-corrected chi connectivity index (χ3v) is 5.82. The molecule has 0 aliphatic heterocycles. The zero-order valence-electron chi connectivity index (χ0n) is 18.0. The van der Waals surface area contributed by atoms with Gasteiger partial charge in [-0.2, -0.15) is 5.10 Å². The molecule has 0 fully saturated rings. The lowest BCUT2D eigenvalue weighted by atomic mass is 10.2. The van der Waals surface area contributed by atoms with E-state index < -0.39 is 0 Å². The molecule has 9 heteroatoms. The number of carbonyl (C=O) groups is 1. The standard InChI is InChI=1S/C23H23IN4O3S/c1-15-9-16(2)27-23(26-15)32-14-21(29)28-25-12-18-10-19(24)22(20(11-18)30-3)31-13-17-7-5-4-6-8-17/h4-12H,13-14H2,1-3H3,(H,28,29)/b25-12-. The van der Waals surface area contributed by atoms with Crippen LogP contribution >= 0.6 is 34.4 Å². The van der Waals surface area contributed by atoms with Gasteiger partial charge in [0, 0.05) is 11.4 Å². The van der Waals surface area contributed by atoms with Gasteiger partial charge in [-0.05, 0) is 65.8 Å². The third kappa shape index (κ3) is 7.20. The smallest absolute Gasteiger partial charge is 0.250 e. The van der Waals surface area contributed by atoms with E-state index in [1.165, 1.54) is 11.8 Å². The van der Waals surface area contributed by atoms with Crippen molar-refractivity contribution in [2.24, 2.45) is 5.10 Å². The zero-order valence-corrected chi connectivity index (χ0v) is 20.9. The normalized spacial score (nSPS) is 10.9. The van der Waals surface area contributed by atoms with Crippen molar-refractivity contribution in [3.05, 3.63) is 74.6 Å². The van der Waals surface area contributed by atoms with Crippen molar-refractivity contribution in [2.75, 3.05) is 12.9 Å². The molecule has 1 aromatic heterocycles. The first-order valence-electron chi connectivity index (χ1n) is 9.76. The molecule has 0 bridgehead atoms. The number of halogens is 1. The van der Waals surface area contributed by atoms with Gasteiger partial charge in [0.1, 0.15) is 6.61 Å². The molecule has 0 atom stereocenters. The highest BCUT2D eigenvalue weighted by Gasteiger charge is 2.12. The maximum atomic E-state index is 12.1. The number of amides is 1. The SMILES string of the molecule is COc1cc(/C=N\NC(=O)CSc2nc(C)cc(C)n2)cc(I)c1OCc1ccccc1. The quantitative estimate of drug-likeness (QED) is 0.136. The Balaban J connectivity index is 1.57. The average Bonchev–Trinajstić information content (AvgIpc) is 2.76. The number of thioether (sulfide) groups is 1. The molecule has 0 saturated carbocycles. The van der Waals surface area contributed by atoms with E-state index in [2.05, 4.69) is 43.1 Å². The third-order valence-electron chi connectivity index (χ3n) is 4.17. The Morgan fingerprint density at radius 2 is 1.88 bits per heavy atom. The van der Waals surface area contributed by atoms with Crippen molar-refractivity contribution in [3.63, 3.8) is 0 Å². The predicted octanol–water partition coefficient (Wildman–Crippen LogP) is 4.53. The number of ether oxygens (including phenoxy) is 2. The second-order valence-corrected chi connectivity index (χ2v) is 8.93. The molecular formula is C23H23IN4O3S. The first-order valence-corrected chi connectivity index (χ1v) is 11.8. The number of benzene rings is 2. The molecule has 0 aliphatic rings. The molecule has 0 spiro atoms. The van der Waals surface area contributed by atoms with E-state index in [9.17, 15) is 4.79 Å². The molecule has 2 aromatic carbocycles. The lowest BCUT2D eigenvalue weighted by Crippen LogP contribution is -2.19. The second-order valence-electron chi connectivity index (χ2n) is 6.82. The van der Waals surface area contributed by atoms with Gasteiger partial charge in [-0.1, -0.05) is 42.1 Å². The molecule has 3 aromatic rings. The molecule has 7 nitrogen and oxygen atoms in total. The van der Waals surface area contributed by atoms with Crippen LogP contribution in [0.4, 0.5) is 0 Å². The fourth-order valence-electron chi connectivity index (χ4n) is 2.78. The van der Waals surface area contributed by atoms with Crippen LogP contribution < -0.4 is 14.9 Å². The fourth-order valence-corrected chi connectivity index (χ4v) is 4.31. The Labute approximate surface area is 205 Å². The lowest BCUT2D eigenvalue weighted by molar-refractivity contribution is -0.118. The van der Waals surface area contributed by atoms with Crippen molar-refractivity contribution < 1.29 is 14.3 Å².